The minimum atomic E-state index is -0.450. The molecule has 1 aromatic rings. The molecule has 0 heterocycles. The Bertz CT molecular complexity index is 437. The molecule has 0 amide bonds. The average molecular weight is 235 g/mol. The van der Waals surface area contributed by atoms with E-state index in [1.165, 1.54) is 13.2 Å². The van der Waals surface area contributed by atoms with E-state index in [2.05, 4.69) is 0 Å². The Hall–Kier alpha value is -2.22. The molecule has 5 nitrogen and oxygen atoms in total. The summed E-state index contributed by atoms with van der Waals surface area (Å²) in [5.74, 6) is 0.450. The molecule has 0 bridgehead atoms. The second-order valence-corrected chi connectivity index (χ2v) is 3.10. The number of carbonyl (C=O) groups is 1. The molecule has 1 rings (SSSR count). The van der Waals surface area contributed by atoms with Crippen LogP contribution in [0.4, 0.5) is 0 Å². The summed E-state index contributed by atoms with van der Waals surface area (Å²) in [6.45, 7) is 1.84. The highest BCUT2D eigenvalue weighted by atomic mass is 16.6. The highest BCUT2D eigenvalue weighted by Gasteiger charge is 2.06. The Balaban J connectivity index is 2.71. The molecule has 0 fully saturated rings. The van der Waals surface area contributed by atoms with Gasteiger partial charge in [-0.15, -0.1) is 0 Å². The van der Waals surface area contributed by atoms with E-state index in [-0.39, 0.29) is 6.61 Å². The first-order chi connectivity index (χ1) is 8.19. The van der Waals surface area contributed by atoms with Crippen molar-refractivity contribution in [3.63, 3.8) is 0 Å². The third-order valence-electron chi connectivity index (χ3n) is 1.91. The van der Waals surface area contributed by atoms with E-state index >= 15 is 0 Å². The molecule has 0 aromatic heterocycles. The van der Waals surface area contributed by atoms with Crippen molar-refractivity contribution in [3.05, 3.63) is 23.8 Å². The molecular formula is C12H13NO4. The van der Waals surface area contributed by atoms with Crippen molar-refractivity contribution in [1.82, 2.24) is 0 Å². The number of ether oxygens (including phenoxy) is 3. The van der Waals surface area contributed by atoms with Crippen LogP contribution in [0.3, 0.4) is 0 Å². The summed E-state index contributed by atoms with van der Waals surface area (Å²) in [4.78, 5) is 11.1. The molecule has 0 aliphatic heterocycles. The molecule has 5 heteroatoms. The van der Waals surface area contributed by atoms with Crippen molar-refractivity contribution >= 4 is 5.97 Å². The molecule has 0 aliphatic rings. The maximum absolute atomic E-state index is 11.1. The number of hydrogen-bond acceptors (Lipinski definition) is 5. The summed E-state index contributed by atoms with van der Waals surface area (Å²) < 4.78 is 14.9. The lowest BCUT2D eigenvalue weighted by molar-refractivity contribution is -0.145. The van der Waals surface area contributed by atoms with Crippen LogP contribution in [0.15, 0.2) is 18.2 Å². The molecule has 1 aromatic carbocycles. The Labute approximate surface area is 99.5 Å². The van der Waals surface area contributed by atoms with Crippen molar-refractivity contribution in [3.8, 4) is 17.6 Å². The van der Waals surface area contributed by atoms with Crippen LogP contribution in [0, 0.1) is 11.3 Å². The summed E-state index contributed by atoms with van der Waals surface area (Å²) in [5.41, 5.74) is 0.406. The van der Waals surface area contributed by atoms with Gasteiger partial charge in [0.15, 0.2) is 6.61 Å². The van der Waals surface area contributed by atoms with Crippen LogP contribution in [0.1, 0.15) is 12.5 Å². The average Bonchev–Trinajstić information content (AvgIpc) is 2.36. The minimum absolute atomic E-state index is 0.189. The summed E-state index contributed by atoms with van der Waals surface area (Å²) in [5, 5.41) is 8.79. The summed E-state index contributed by atoms with van der Waals surface area (Å²) in [6, 6.07) is 6.69. The van der Waals surface area contributed by atoms with Crippen LogP contribution in [-0.4, -0.2) is 26.3 Å². The molecule has 0 atom stereocenters. The minimum Gasteiger partial charge on any atom is -0.497 e. The van der Waals surface area contributed by atoms with Crippen molar-refractivity contribution in [2.45, 2.75) is 6.92 Å². The molecule has 17 heavy (non-hydrogen) atoms. The standard InChI is InChI=1S/C12H13NO4/c1-3-16-12(14)8-17-11-5-9(7-13)4-10(6-11)15-2/h4-6H,3,8H2,1-2H3. The Kier molecular flexibility index (Phi) is 4.82. The first-order valence-corrected chi connectivity index (χ1v) is 5.07. The predicted molar refractivity (Wildman–Crippen MR) is 59.8 cm³/mol. The summed E-state index contributed by atoms with van der Waals surface area (Å²) in [6.07, 6.45) is 0. The molecular weight excluding hydrogens is 222 g/mol. The van der Waals surface area contributed by atoms with Crippen molar-refractivity contribution in [1.29, 1.82) is 5.26 Å². The fraction of sp³-hybridized carbons (Fsp3) is 0.333. The molecule has 0 N–H and O–H groups in total. The number of nitriles is 1. The van der Waals surface area contributed by atoms with Gasteiger partial charge in [-0.1, -0.05) is 0 Å². The predicted octanol–water partition coefficient (Wildman–Crippen LogP) is 1.51. The van der Waals surface area contributed by atoms with Gasteiger partial charge >= 0.3 is 5.97 Å². The lowest BCUT2D eigenvalue weighted by Gasteiger charge is -2.07. The molecule has 0 saturated heterocycles. The van der Waals surface area contributed by atoms with Crippen LogP contribution in [-0.2, 0) is 9.53 Å². The normalized spacial score (nSPS) is 9.24. The van der Waals surface area contributed by atoms with E-state index in [1.54, 1.807) is 19.1 Å². The van der Waals surface area contributed by atoms with Gasteiger partial charge in [0.05, 0.1) is 25.3 Å². The number of nitrogens with zero attached hydrogens (tertiary/aromatic N) is 1. The monoisotopic (exact) mass is 235 g/mol. The van der Waals surface area contributed by atoms with Crippen LogP contribution in [0.25, 0.3) is 0 Å². The topological polar surface area (TPSA) is 68.5 Å². The zero-order valence-corrected chi connectivity index (χ0v) is 9.73. The van der Waals surface area contributed by atoms with Gasteiger partial charge in [0, 0.05) is 6.07 Å². The highest BCUT2D eigenvalue weighted by Crippen LogP contribution is 2.22. The van der Waals surface area contributed by atoms with Gasteiger partial charge in [-0.2, -0.15) is 5.26 Å². The third kappa shape index (κ3) is 4.03. The van der Waals surface area contributed by atoms with Crippen LogP contribution >= 0.6 is 0 Å². The number of carbonyl (C=O) groups excluding carboxylic acids is 1. The van der Waals surface area contributed by atoms with Gasteiger partial charge in [-0.25, -0.2) is 4.79 Å². The zero-order chi connectivity index (χ0) is 12.7. The summed E-state index contributed by atoms with van der Waals surface area (Å²) >= 11 is 0. The van der Waals surface area contributed by atoms with Gasteiger partial charge in [0.25, 0.3) is 0 Å². The maximum atomic E-state index is 11.1. The number of benzene rings is 1. The van der Waals surface area contributed by atoms with Gasteiger partial charge in [-0.05, 0) is 19.1 Å². The molecule has 0 aliphatic carbocycles. The number of esters is 1. The van der Waals surface area contributed by atoms with Gasteiger partial charge in [0.1, 0.15) is 11.5 Å². The molecule has 0 radical (unpaired) electrons. The molecule has 90 valence electrons. The fourth-order valence-electron chi connectivity index (χ4n) is 1.18. The van der Waals surface area contributed by atoms with Crippen LogP contribution < -0.4 is 9.47 Å². The van der Waals surface area contributed by atoms with Crippen molar-refractivity contribution in [2.24, 2.45) is 0 Å². The van der Waals surface area contributed by atoms with E-state index < -0.39 is 5.97 Å². The molecule has 0 saturated carbocycles. The maximum Gasteiger partial charge on any atom is 0.344 e. The second kappa shape index (κ2) is 6.38. The van der Waals surface area contributed by atoms with E-state index in [4.69, 9.17) is 19.5 Å². The number of hydrogen-bond donors (Lipinski definition) is 0. The van der Waals surface area contributed by atoms with E-state index in [1.807, 2.05) is 6.07 Å². The van der Waals surface area contributed by atoms with E-state index in [0.29, 0.717) is 23.7 Å². The Morgan fingerprint density at radius 3 is 2.65 bits per heavy atom. The quantitative estimate of drug-likeness (QED) is 0.723. The van der Waals surface area contributed by atoms with Gasteiger partial charge in [-0.3, -0.25) is 0 Å². The first-order valence-electron chi connectivity index (χ1n) is 5.07. The van der Waals surface area contributed by atoms with Crippen LogP contribution in [0.5, 0.6) is 11.5 Å². The van der Waals surface area contributed by atoms with E-state index in [0.717, 1.165) is 0 Å². The Morgan fingerprint density at radius 1 is 1.35 bits per heavy atom. The molecule has 0 unspecified atom stereocenters. The smallest absolute Gasteiger partial charge is 0.344 e. The fourth-order valence-corrected chi connectivity index (χ4v) is 1.18. The largest absolute Gasteiger partial charge is 0.497 e. The zero-order valence-electron chi connectivity index (χ0n) is 9.73. The van der Waals surface area contributed by atoms with Crippen molar-refractivity contribution in [2.75, 3.05) is 20.3 Å². The number of methoxy groups -OCH3 is 1. The lowest BCUT2D eigenvalue weighted by atomic mass is 10.2. The highest BCUT2D eigenvalue weighted by molar-refractivity contribution is 5.71. The first kappa shape index (κ1) is 12.8. The molecule has 0 spiro atoms. The van der Waals surface area contributed by atoms with Crippen LogP contribution in [0.2, 0.25) is 0 Å². The Morgan fingerprint density at radius 2 is 2.06 bits per heavy atom. The van der Waals surface area contributed by atoms with Gasteiger partial charge in [0.2, 0.25) is 0 Å². The summed E-state index contributed by atoms with van der Waals surface area (Å²) in [7, 11) is 1.49. The number of rotatable bonds is 5. The van der Waals surface area contributed by atoms with E-state index in [9.17, 15) is 4.79 Å². The van der Waals surface area contributed by atoms with Crippen molar-refractivity contribution < 1.29 is 19.0 Å². The third-order valence-corrected chi connectivity index (χ3v) is 1.91. The van der Waals surface area contributed by atoms with Gasteiger partial charge < -0.3 is 14.2 Å². The SMILES string of the molecule is CCOC(=O)COc1cc(C#N)cc(OC)c1. The lowest BCUT2D eigenvalue weighted by Crippen LogP contribution is -2.14. The second-order valence-electron chi connectivity index (χ2n) is 3.10.